The van der Waals surface area contributed by atoms with Gasteiger partial charge in [0.05, 0.1) is 26.9 Å². The number of carbonyl (C=O) groups is 1. The zero-order valence-corrected chi connectivity index (χ0v) is 27.5. The predicted molar refractivity (Wildman–Crippen MR) is 165 cm³/mol. The highest BCUT2D eigenvalue weighted by molar-refractivity contribution is 5.95. The van der Waals surface area contributed by atoms with Crippen LogP contribution in [-0.2, 0) is 0 Å². The highest BCUT2D eigenvalue weighted by atomic mass is 16.5. The Kier molecular flexibility index (Phi) is 7.19. The molecule has 5 aliphatic rings. The van der Waals surface area contributed by atoms with Crippen molar-refractivity contribution in [3.63, 3.8) is 0 Å². The van der Waals surface area contributed by atoms with Crippen LogP contribution >= 0.6 is 0 Å². The fourth-order valence-corrected chi connectivity index (χ4v) is 12.2. The molecule has 43 heavy (non-hydrogen) atoms. The maximum Gasteiger partial charge on any atom is 0.251 e. The fourth-order valence-electron chi connectivity index (χ4n) is 12.2. The Morgan fingerprint density at radius 1 is 1.00 bits per heavy atom. The lowest BCUT2D eigenvalue weighted by Gasteiger charge is -2.63. The predicted octanol–water partition coefficient (Wildman–Crippen LogP) is 4.84. The van der Waals surface area contributed by atoms with E-state index in [1.165, 1.54) is 39.2 Å². The third kappa shape index (κ3) is 3.87. The Morgan fingerprint density at radius 2 is 1.60 bits per heavy atom. The van der Waals surface area contributed by atoms with Crippen LogP contribution < -0.4 is 14.8 Å². The van der Waals surface area contributed by atoms with E-state index in [9.17, 15) is 20.1 Å². The van der Waals surface area contributed by atoms with Crippen LogP contribution in [0.4, 0.5) is 0 Å². The SMILES string of the molecule is COc1cc(C(=O)N[C@H]2CC[C@]34C[C@]35CC[C@]3(C)[C@@H]([C@H](C)N(C)C)[C@H](O)C[C@@]3(C)[C@@H]5CC[C@H]4[C@]2(C)CO)cc(OC)c1O. The second kappa shape index (κ2) is 9.98. The van der Waals surface area contributed by atoms with Gasteiger partial charge in [-0.15, -0.1) is 0 Å². The highest BCUT2D eigenvalue weighted by Gasteiger charge is 2.83. The van der Waals surface area contributed by atoms with Crippen LogP contribution in [0, 0.1) is 44.8 Å². The number of carbonyl (C=O) groups excluding carboxylic acids is 1. The lowest BCUT2D eigenvalue weighted by Crippen LogP contribution is -2.62. The van der Waals surface area contributed by atoms with Gasteiger partial charge in [0, 0.05) is 29.0 Å². The molecular weight excluding hydrogens is 544 g/mol. The Hall–Kier alpha value is -2.03. The number of nitrogens with one attached hydrogen (secondary N) is 1. The Balaban J connectivity index is 1.27. The van der Waals surface area contributed by atoms with E-state index >= 15 is 0 Å². The summed E-state index contributed by atoms with van der Waals surface area (Å²) in [5.74, 6) is 1.17. The first-order valence-corrected chi connectivity index (χ1v) is 16.4. The number of methoxy groups -OCH3 is 2. The van der Waals surface area contributed by atoms with Gasteiger partial charge in [0.2, 0.25) is 5.75 Å². The van der Waals surface area contributed by atoms with Crippen molar-refractivity contribution >= 4 is 5.91 Å². The molecule has 1 amide bonds. The lowest BCUT2D eigenvalue weighted by atomic mass is 9.41. The maximum atomic E-state index is 13.6. The van der Waals surface area contributed by atoms with Crippen LogP contribution in [0.1, 0.15) is 89.4 Å². The summed E-state index contributed by atoms with van der Waals surface area (Å²) in [4.78, 5) is 15.9. The van der Waals surface area contributed by atoms with E-state index in [1.807, 2.05) is 0 Å². The summed E-state index contributed by atoms with van der Waals surface area (Å²) in [6, 6.07) is 3.23. The van der Waals surface area contributed by atoms with Crippen LogP contribution in [-0.4, -0.2) is 79.2 Å². The number of hydrogen-bond acceptors (Lipinski definition) is 7. The minimum atomic E-state index is -0.438. The number of benzene rings is 1. The van der Waals surface area contributed by atoms with E-state index in [0.29, 0.717) is 23.4 Å². The summed E-state index contributed by atoms with van der Waals surface area (Å²) < 4.78 is 10.6. The molecule has 240 valence electrons. The molecule has 11 atom stereocenters. The zero-order chi connectivity index (χ0) is 31.3. The highest BCUT2D eigenvalue weighted by Crippen LogP contribution is 2.89. The molecule has 0 heterocycles. The summed E-state index contributed by atoms with van der Waals surface area (Å²) >= 11 is 0. The van der Waals surface area contributed by atoms with Crippen molar-refractivity contribution in [3.05, 3.63) is 17.7 Å². The van der Waals surface area contributed by atoms with Gasteiger partial charge in [0.1, 0.15) is 0 Å². The molecule has 1 aromatic carbocycles. The molecule has 1 aromatic rings. The van der Waals surface area contributed by atoms with Gasteiger partial charge in [-0.2, -0.15) is 0 Å². The van der Waals surface area contributed by atoms with Gasteiger partial charge in [-0.05, 0) is 118 Å². The summed E-state index contributed by atoms with van der Waals surface area (Å²) in [5.41, 5.74) is 0.571. The molecule has 5 saturated carbocycles. The third-order valence-corrected chi connectivity index (χ3v) is 14.7. The van der Waals surface area contributed by atoms with Crippen molar-refractivity contribution < 1.29 is 29.6 Å². The Morgan fingerprint density at radius 3 is 2.19 bits per heavy atom. The molecule has 4 N–H and O–H groups in total. The molecule has 6 rings (SSSR count). The number of rotatable bonds is 7. The minimum Gasteiger partial charge on any atom is -0.502 e. The first-order chi connectivity index (χ1) is 20.2. The number of phenols is 1. The molecule has 5 aliphatic carbocycles. The maximum absolute atomic E-state index is 13.6. The van der Waals surface area contributed by atoms with Crippen molar-refractivity contribution in [2.75, 3.05) is 34.9 Å². The van der Waals surface area contributed by atoms with Crippen LogP contribution in [0.15, 0.2) is 12.1 Å². The number of nitrogens with zero attached hydrogens (tertiary/aromatic N) is 1. The molecule has 0 radical (unpaired) electrons. The van der Waals surface area contributed by atoms with Gasteiger partial charge < -0.3 is 35.0 Å². The number of amides is 1. The van der Waals surface area contributed by atoms with E-state index in [2.05, 4.69) is 52.0 Å². The monoisotopic (exact) mass is 598 g/mol. The van der Waals surface area contributed by atoms with Crippen molar-refractivity contribution in [2.45, 2.75) is 97.2 Å². The van der Waals surface area contributed by atoms with E-state index in [-0.39, 0.29) is 69.5 Å². The quantitative estimate of drug-likeness (QED) is 0.356. The number of ether oxygens (including phenoxy) is 2. The van der Waals surface area contributed by atoms with Crippen molar-refractivity contribution in [2.24, 2.45) is 44.8 Å². The minimum absolute atomic E-state index is 0.0312. The van der Waals surface area contributed by atoms with E-state index < -0.39 is 5.41 Å². The number of fused-ring (bicyclic) bond motifs is 2. The van der Waals surface area contributed by atoms with Gasteiger partial charge in [-0.1, -0.05) is 20.8 Å². The van der Waals surface area contributed by atoms with Gasteiger partial charge in [0.25, 0.3) is 5.91 Å². The Bertz CT molecular complexity index is 1260. The summed E-state index contributed by atoms with van der Waals surface area (Å²) in [5, 5.41) is 36.2. The van der Waals surface area contributed by atoms with Gasteiger partial charge in [0.15, 0.2) is 11.5 Å². The van der Waals surface area contributed by atoms with E-state index in [0.717, 1.165) is 38.5 Å². The molecule has 0 bridgehead atoms. The van der Waals surface area contributed by atoms with E-state index in [4.69, 9.17) is 9.47 Å². The second-order valence-corrected chi connectivity index (χ2v) is 16.0. The lowest BCUT2D eigenvalue weighted by molar-refractivity contribution is -0.154. The number of hydrogen-bond donors (Lipinski definition) is 4. The zero-order valence-electron chi connectivity index (χ0n) is 27.5. The van der Waals surface area contributed by atoms with Crippen molar-refractivity contribution in [1.29, 1.82) is 0 Å². The molecule has 8 nitrogen and oxygen atoms in total. The van der Waals surface area contributed by atoms with Crippen LogP contribution in [0.3, 0.4) is 0 Å². The van der Waals surface area contributed by atoms with Crippen molar-refractivity contribution in [3.8, 4) is 17.2 Å². The first kappa shape index (κ1) is 31.0. The fraction of sp³-hybridized carbons (Fsp3) is 0.800. The molecule has 0 unspecified atom stereocenters. The topological polar surface area (TPSA) is 111 Å². The molecular formula is C35H54N2O6. The molecule has 0 aromatic heterocycles. The average Bonchev–Trinajstić information content (AvgIpc) is 3.59. The molecule has 0 aliphatic heterocycles. The molecule has 8 heteroatoms. The number of phenolic OH excluding ortho intramolecular Hbond substituents is 1. The largest absolute Gasteiger partial charge is 0.502 e. The van der Waals surface area contributed by atoms with Gasteiger partial charge in [-0.25, -0.2) is 0 Å². The standard InChI is InChI=1S/C35H54N2O6/c1-20(37(5)6)28-22(39)17-33(4)26-10-9-25-31(2,19-38)27(11-12-34(25)18-35(26,34)14-13-32(28,33)3)36-30(41)21-15-23(42-7)29(40)24(16-21)43-8/h15-16,20,22,25-28,38-40H,9-14,17-19H2,1-8H3,(H,36,41)/t20-,22+,25-,26-,27-,28-,31-,32+,33-,34+,35-/m0/s1. The molecule has 5 fully saturated rings. The summed E-state index contributed by atoms with van der Waals surface area (Å²) in [6.07, 6.45) is 8.23. The molecule has 0 saturated heterocycles. The van der Waals surface area contributed by atoms with Gasteiger partial charge in [-0.3, -0.25) is 4.79 Å². The van der Waals surface area contributed by atoms with Crippen molar-refractivity contribution in [1.82, 2.24) is 10.2 Å². The third-order valence-electron chi connectivity index (χ3n) is 14.7. The first-order valence-electron chi connectivity index (χ1n) is 16.4. The number of aliphatic hydroxyl groups is 2. The summed E-state index contributed by atoms with van der Waals surface area (Å²) in [7, 11) is 7.18. The van der Waals surface area contributed by atoms with Crippen LogP contribution in [0.25, 0.3) is 0 Å². The number of aliphatic hydroxyl groups excluding tert-OH is 2. The van der Waals surface area contributed by atoms with E-state index in [1.54, 1.807) is 0 Å². The van der Waals surface area contributed by atoms with Crippen LogP contribution in [0.5, 0.6) is 17.2 Å². The van der Waals surface area contributed by atoms with Gasteiger partial charge >= 0.3 is 0 Å². The normalized spacial score (nSPS) is 45.3. The second-order valence-electron chi connectivity index (χ2n) is 16.0. The number of aromatic hydroxyl groups is 1. The summed E-state index contributed by atoms with van der Waals surface area (Å²) in [6.45, 7) is 9.50. The molecule has 2 spiro atoms. The average molecular weight is 599 g/mol. The smallest absolute Gasteiger partial charge is 0.251 e. The van der Waals surface area contributed by atoms with Crippen LogP contribution in [0.2, 0.25) is 0 Å². The Labute approximate surface area is 257 Å².